The maximum atomic E-state index is 12.8. The Morgan fingerprint density at radius 3 is 2.47 bits per heavy atom. The fourth-order valence-electron chi connectivity index (χ4n) is 5.01. The molecule has 0 spiro atoms. The Morgan fingerprint density at radius 2 is 1.82 bits per heavy atom. The van der Waals surface area contributed by atoms with E-state index in [0.717, 1.165) is 11.4 Å². The van der Waals surface area contributed by atoms with Gasteiger partial charge in [-0.1, -0.05) is 30.4 Å². The SMILES string of the molecule is O=C(O)c1cccc(COc2c(C=NN3C(=O)C4C5C=CC(C5)C4C3=O)cccc2[N+](=O)[O-])c1. The van der Waals surface area contributed by atoms with E-state index in [1.807, 2.05) is 12.2 Å². The van der Waals surface area contributed by atoms with Gasteiger partial charge in [0.1, 0.15) is 6.61 Å². The van der Waals surface area contributed by atoms with Gasteiger partial charge in [-0.25, -0.2) is 4.79 Å². The molecule has 1 saturated heterocycles. The lowest BCUT2D eigenvalue weighted by atomic mass is 9.85. The molecular weight excluding hydrogens is 442 g/mol. The monoisotopic (exact) mass is 461 g/mol. The van der Waals surface area contributed by atoms with Crippen molar-refractivity contribution in [1.82, 2.24) is 5.01 Å². The van der Waals surface area contributed by atoms with E-state index in [0.29, 0.717) is 5.56 Å². The summed E-state index contributed by atoms with van der Waals surface area (Å²) in [6.07, 6.45) is 5.98. The zero-order chi connectivity index (χ0) is 24.0. The number of benzene rings is 2. The van der Waals surface area contributed by atoms with Crippen LogP contribution in [0.5, 0.6) is 5.75 Å². The minimum atomic E-state index is -1.10. The summed E-state index contributed by atoms with van der Waals surface area (Å²) in [5.41, 5.74) is 0.450. The van der Waals surface area contributed by atoms with Crippen LogP contribution in [0.1, 0.15) is 27.9 Å². The number of allylic oxidation sites excluding steroid dienone is 2. The number of para-hydroxylation sites is 1. The molecule has 2 aromatic carbocycles. The number of carbonyl (C=O) groups is 3. The number of hydrogen-bond acceptors (Lipinski definition) is 7. The van der Waals surface area contributed by atoms with Gasteiger partial charge in [-0.3, -0.25) is 19.7 Å². The van der Waals surface area contributed by atoms with Crippen molar-refractivity contribution in [3.8, 4) is 5.75 Å². The number of nitro groups is 1. The lowest BCUT2D eigenvalue weighted by Gasteiger charge is -2.13. The number of ether oxygens (including phenoxy) is 1. The largest absolute Gasteiger partial charge is 0.481 e. The number of carboxylic acid groups (broad SMARTS) is 1. The van der Waals surface area contributed by atoms with Crippen LogP contribution in [-0.4, -0.2) is 39.0 Å². The Morgan fingerprint density at radius 1 is 1.15 bits per heavy atom. The Kier molecular flexibility index (Phi) is 5.20. The van der Waals surface area contributed by atoms with E-state index in [2.05, 4.69) is 5.10 Å². The summed E-state index contributed by atoms with van der Waals surface area (Å²) in [7, 11) is 0. The van der Waals surface area contributed by atoms with Crippen molar-refractivity contribution >= 4 is 29.7 Å². The zero-order valence-electron chi connectivity index (χ0n) is 17.7. The predicted octanol–water partition coefficient (Wildman–Crippen LogP) is 3.01. The second-order valence-electron chi connectivity index (χ2n) is 8.48. The van der Waals surface area contributed by atoms with E-state index < -0.39 is 22.7 Å². The Bertz CT molecular complexity index is 1260. The maximum Gasteiger partial charge on any atom is 0.335 e. The highest BCUT2D eigenvalue weighted by molar-refractivity contribution is 6.07. The van der Waals surface area contributed by atoms with Gasteiger partial charge in [0.05, 0.1) is 28.5 Å². The molecule has 1 saturated carbocycles. The number of amides is 2. The molecule has 2 amide bonds. The molecule has 2 aliphatic carbocycles. The van der Waals surface area contributed by atoms with Crippen molar-refractivity contribution in [2.45, 2.75) is 13.0 Å². The summed E-state index contributed by atoms with van der Waals surface area (Å²) in [6, 6.07) is 10.3. The third kappa shape index (κ3) is 3.53. The zero-order valence-corrected chi connectivity index (χ0v) is 17.7. The lowest BCUT2D eigenvalue weighted by Crippen LogP contribution is -2.28. The van der Waals surface area contributed by atoms with Gasteiger partial charge in [-0.15, -0.1) is 0 Å². The van der Waals surface area contributed by atoms with Gasteiger partial charge >= 0.3 is 11.7 Å². The molecule has 4 unspecified atom stereocenters. The highest BCUT2D eigenvalue weighted by Gasteiger charge is 2.59. The van der Waals surface area contributed by atoms with E-state index in [1.54, 1.807) is 12.1 Å². The Balaban J connectivity index is 1.41. The van der Waals surface area contributed by atoms with Crippen molar-refractivity contribution in [1.29, 1.82) is 0 Å². The number of nitrogens with zero attached hydrogens (tertiary/aromatic N) is 3. The van der Waals surface area contributed by atoms with Gasteiger partial charge in [-0.05, 0) is 42.0 Å². The standard InChI is InChI=1S/C24H19N3O7/c28-22-19-14-7-8-15(10-14)20(19)23(29)26(22)25-11-17-5-2-6-18(27(32)33)21(17)34-12-13-3-1-4-16(9-13)24(30)31/h1-9,11,14-15,19-20H,10,12H2,(H,30,31). The minimum Gasteiger partial charge on any atom is -0.481 e. The molecule has 172 valence electrons. The summed E-state index contributed by atoms with van der Waals surface area (Å²) in [4.78, 5) is 47.8. The number of hydrogen-bond donors (Lipinski definition) is 1. The Hall–Kier alpha value is -4.34. The van der Waals surface area contributed by atoms with Gasteiger partial charge in [0.15, 0.2) is 0 Å². The molecule has 2 fully saturated rings. The normalized spacial score (nSPS) is 24.8. The molecule has 1 heterocycles. The third-order valence-corrected chi connectivity index (χ3v) is 6.54. The van der Waals surface area contributed by atoms with Crippen molar-refractivity contribution in [2.24, 2.45) is 28.8 Å². The third-order valence-electron chi connectivity index (χ3n) is 6.54. The molecule has 0 aromatic heterocycles. The van der Waals surface area contributed by atoms with Crippen LogP contribution in [-0.2, 0) is 16.2 Å². The molecule has 5 rings (SSSR count). The average Bonchev–Trinajstić information content (AvgIpc) is 3.50. The van der Waals surface area contributed by atoms with Crippen molar-refractivity contribution in [3.05, 3.63) is 81.4 Å². The first-order valence-corrected chi connectivity index (χ1v) is 10.7. The second kappa shape index (κ2) is 8.22. The van der Waals surface area contributed by atoms with E-state index in [-0.39, 0.29) is 52.8 Å². The number of rotatable bonds is 7. The van der Waals surface area contributed by atoms with Crippen LogP contribution in [0.4, 0.5) is 5.69 Å². The summed E-state index contributed by atoms with van der Waals surface area (Å²) < 4.78 is 5.71. The maximum absolute atomic E-state index is 12.8. The smallest absolute Gasteiger partial charge is 0.335 e. The lowest BCUT2D eigenvalue weighted by molar-refractivity contribution is -0.386. The molecule has 4 atom stereocenters. The molecule has 1 aliphatic heterocycles. The molecule has 10 nitrogen and oxygen atoms in total. The van der Waals surface area contributed by atoms with Gasteiger partial charge in [0, 0.05) is 11.6 Å². The van der Waals surface area contributed by atoms with Crippen LogP contribution in [0.25, 0.3) is 0 Å². The minimum absolute atomic E-state index is 0.0462. The highest BCUT2D eigenvalue weighted by atomic mass is 16.6. The van der Waals surface area contributed by atoms with Gasteiger partial charge in [0.25, 0.3) is 11.8 Å². The average molecular weight is 461 g/mol. The number of imide groups is 1. The van der Waals surface area contributed by atoms with Crippen molar-refractivity contribution < 1.29 is 29.2 Å². The van der Waals surface area contributed by atoms with Gasteiger partial charge in [-0.2, -0.15) is 10.1 Å². The number of hydrazone groups is 1. The van der Waals surface area contributed by atoms with Crippen LogP contribution in [0.2, 0.25) is 0 Å². The first-order valence-electron chi connectivity index (χ1n) is 10.7. The summed E-state index contributed by atoms with van der Waals surface area (Å²) in [6.45, 7) is -0.131. The predicted molar refractivity (Wildman–Crippen MR) is 118 cm³/mol. The summed E-state index contributed by atoms with van der Waals surface area (Å²) in [5.74, 6) is -2.63. The number of carboxylic acids is 1. The summed E-state index contributed by atoms with van der Waals surface area (Å²) >= 11 is 0. The van der Waals surface area contributed by atoms with Crippen LogP contribution in [0.15, 0.2) is 59.7 Å². The molecule has 3 aliphatic rings. The van der Waals surface area contributed by atoms with E-state index >= 15 is 0 Å². The summed E-state index contributed by atoms with van der Waals surface area (Å²) in [5, 5.41) is 25.7. The molecule has 2 aromatic rings. The fraction of sp³-hybridized carbons (Fsp3) is 0.250. The number of fused-ring (bicyclic) bond motifs is 5. The fourth-order valence-corrected chi connectivity index (χ4v) is 5.01. The topological polar surface area (TPSA) is 139 Å². The molecular formula is C24H19N3O7. The number of nitro benzene ring substituents is 1. The molecule has 2 bridgehead atoms. The van der Waals surface area contributed by atoms with Crippen LogP contribution < -0.4 is 4.74 Å². The second-order valence-corrected chi connectivity index (χ2v) is 8.48. The first-order chi connectivity index (χ1) is 16.3. The molecule has 34 heavy (non-hydrogen) atoms. The van der Waals surface area contributed by atoms with Gasteiger partial charge < -0.3 is 9.84 Å². The quantitative estimate of drug-likeness (QED) is 0.220. The number of aromatic carboxylic acids is 1. The van der Waals surface area contributed by atoms with E-state index in [1.165, 1.54) is 36.5 Å². The van der Waals surface area contributed by atoms with Crippen LogP contribution in [0.3, 0.4) is 0 Å². The van der Waals surface area contributed by atoms with Crippen LogP contribution >= 0.6 is 0 Å². The van der Waals surface area contributed by atoms with E-state index in [4.69, 9.17) is 9.84 Å². The molecule has 10 heteroatoms. The van der Waals surface area contributed by atoms with Crippen molar-refractivity contribution in [2.75, 3.05) is 0 Å². The first kappa shape index (κ1) is 21.5. The van der Waals surface area contributed by atoms with Crippen LogP contribution in [0, 0.1) is 33.8 Å². The molecule has 1 N–H and O–H groups in total. The highest BCUT2D eigenvalue weighted by Crippen LogP contribution is 2.52. The Labute approximate surface area is 193 Å². The molecule has 0 radical (unpaired) electrons. The van der Waals surface area contributed by atoms with Gasteiger partial charge in [0.2, 0.25) is 5.75 Å². The number of carbonyl (C=O) groups excluding carboxylic acids is 2. The van der Waals surface area contributed by atoms with Crippen molar-refractivity contribution in [3.63, 3.8) is 0 Å². The van der Waals surface area contributed by atoms with E-state index in [9.17, 15) is 24.5 Å².